The smallest absolute Gasteiger partial charge is 0.358 e. The van der Waals surface area contributed by atoms with Crippen molar-refractivity contribution in [2.75, 3.05) is 0 Å². The maximum absolute atomic E-state index is 12.1. The van der Waals surface area contributed by atoms with Crippen molar-refractivity contribution in [3.05, 3.63) is 41.2 Å². The number of ketones is 1. The van der Waals surface area contributed by atoms with E-state index in [0.29, 0.717) is 11.3 Å². The molecular weight excluding hydrogens is 252 g/mol. The van der Waals surface area contributed by atoms with Crippen molar-refractivity contribution in [1.82, 2.24) is 10.5 Å². The van der Waals surface area contributed by atoms with Crippen molar-refractivity contribution in [3.63, 3.8) is 0 Å². The van der Waals surface area contributed by atoms with E-state index in [1.165, 1.54) is 6.26 Å². The molecule has 19 heavy (non-hydrogen) atoms. The number of nitrogens with zero attached hydrogens (tertiary/aromatic N) is 1. The minimum Gasteiger partial charge on any atom is -0.476 e. The van der Waals surface area contributed by atoms with Crippen LogP contribution in [0.25, 0.3) is 0 Å². The van der Waals surface area contributed by atoms with E-state index < -0.39 is 12.0 Å². The molecule has 3 rings (SSSR count). The van der Waals surface area contributed by atoms with E-state index >= 15 is 0 Å². The van der Waals surface area contributed by atoms with Gasteiger partial charge in [-0.15, -0.1) is 0 Å². The molecule has 0 fully saturated rings. The average molecular weight is 262 g/mol. The molecule has 1 aliphatic rings. The van der Waals surface area contributed by atoms with Gasteiger partial charge in [-0.1, -0.05) is 5.16 Å². The molecule has 0 aliphatic carbocycles. The van der Waals surface area contributed by atoms with E-state index in [0.717, 1.165) is 0 Å². The van der Waals surface area contributed by atoms with Crippen LogP contribution < -0.4 is 5.32 Å². The normalized spacial score (nSPS) is 18.0. The van der Waals surface area contributed by atoms with Crippen molar-refractivity contribution in [3.8, 4) is 0 Å². The Bertz CT molecular complexity index is 629. The topological polar surface area (TPSA) is 106 Å². The Hall–Kier alpha value is -2.41. The SMILES string of the molecule is O=C(O)c1noc2c1CNC(C(=O)c1ccco1)C2. The highest BCUT2D eigenvalue weighted by Crippen LogP contribution is 2.22. The Morgan fingerprint density at radius 1 is 1.47 bits per heavy atom. The number of hydrogen-bond acceptors (Lipinski definition) is 6. The summed E-state index contributed by atoms with van der Waals surface area (Å²) in [5, 5.41) is 15.4. The Labute approximate surface area is 107 Å². The van der Waals surface area contributed by atoms with Crippen LogP contribution >= 0.6 is 0 Å². The van der Waals surface area contributed by atoms with Crippen molar-refractivity contribution in [1.29, 1.82) is 0 Å². The molecule has 0 bridgehead atoms. The van der Waals surface area contributed by atoms with Gasteiger partial charge < -0.3 is 19.4 Å². The van der Waals surface area contributed by atoms with Gasteiger partial charge in [0.2, 0.25) is 5.78 Å². The maximum atomic E-state index is 12.1. The molecule has 0 radical (unpaired) electrons. The van der Waals surface area contributed by atoms with E-state index in [2.05, 4.69) is 10.5 Å². The molecule has 0 saturated heterocycles. The lowest BCUT2D eigenvalue weighted by molar-refractivity contribution is 0.0684. The quantitative estimate of drug-likeness (QED) is 0.790. The van der Waals surface area contributed by atoms with Crippen LogP contribution in [0, 0.1) is 0 Å². The number of carbonyl (C=O) groups excluding carboxylic acids is 1. The number of aromatic nitrogens is 1. The monoisotopic (exact) mass is 262 g/mol. The molecule has 2 N–H and O–H groups in total. The number of furan rings is 1. The number of carboxylic acid groups (broad SMARTS) is 1. The Morgan fingerprint density at radius 3 is 3.00 bits per heavy atom. The van der Waals surface area contributed by atoms with Gasteiger partial charge in [0.05, 0.1) is 12.3 Å². The van der Waals surface area contributed by atoms with Gasteiger partial charge in [0.25, 0.3) is 0 Å². The molecule has 0 saturated carbocycles. The highest BCUT2D eigenvalue weighted by molar-refractivity contribution is 5.98. The second kappa shape index (κ2) is 4.36. The van der Waals surface area contributed by atoms with Crippen LogP contribution in [-0.4, -0.2) is 28.1 Å². The van der Waals surface area contributed by atoms with Gasteiger partial charge in [0.1, 0.15) is 5.76 Å². The van der Waals surface area contributed by atoms with Crippen molar-refractivity contribution in [2.45, 2.75) is 19.0 Å². The van der Waals surface area contributed by atoms with Crippen LogP contribution in [0.2, 0.25) is 0 Å². The minimum atomic E-state index is -1.14. The number of carboxylic acids is 1. The predicted molar refractivity (Wildman–Crippen MR) is 60.8 cm³/mol. The van der Waals surface area contributed by atoms with Gasteiger partial charge in [-0.3, -0.25) is 4.79 Å². The third kappa shape index (κ3) is 1.93. The van der Waals surface area contributed by atoms with Crippen LogP contribution in [0.4, 0.5) is 0 Å². The van der Waals surface area contributed by atoms with Gasteiger partial charge in [0.15, 0.2) is 11.5 Å². The van der Waals surface area contributed by atoms with Gasteiger partial charge in [-0.2, -0.15) is 0 Å². The van der Waals surface area contributed by atoms with Gasteiger partial charge >= 0.3 is 5.97 Å². The molecule has 1 aliphatic heterocycles. The fourth-order valence-electron chi connectivity index (χ4n) is 2.11. The summed E-state index contributed by atoms with van der Waals surface area (Å²) in [6, 6.07) is 2.73. The van der Waals surface area contributed by atoms with Crippen molar-refractivity contribution < 1.29 is 23.6 Å². The molecular formula is C12H10N2O5. The van der Waals surface area contributed by atoms with Crippen molar-refractivity contribution in [2.24, 2.45) is 0 Å². The van der Waals surface area contributed by atoms with Crippen molar-refractivity contribution >= 4 is 11.8 Å². The molecule has 2 aromatic rings. The second-order valence-electron chi connectivity index (χ2n) is 4.22. The maximum Gasteiger partial charge on any atom is 0.358 e. The first kappa shape index (κ1) is 11.7. The number of carbonyl (C=O) groups is 2. The third-order valence-corrected chi connectivity index (χ3v) is 3.07. The second-order valence-corrected chi connectivity index (χ2v) is 4.22. The third-order valence-electron chi connectivity index (χ3n) is 3.07. The predicted octanol–water partition coefficient (Wildman–Crippen LogP) is 0.863. The number of Topliss-reactive ketones (excluding diaryl/α,β-unsaturated/α-hetero) is 1. The fourth-order valence-corrected chi connectivity index (χ4v) is 2.11. The van der Waals surface area contributed by atoms with Crippen LogP contribution in [0.3, 0.4) is 0 Å². The van der Waals surface area contributed by atoms with Crippen LogP contribution in [0.5, 0.6) is 0 Å². The number of nitrogens with one attached hydrogen (secondary N) is 1. The Morgan fingerprint density at radius 2 is 2.32 bits per heavy atom. The number of fused-ring (bicyclic) bond motifs is 1. The highest BCUT2D eigenvalue weighted by atomic mass is 16.5. The fraction of sp³-hybridized carbons (Fsp3) is 0.250. The number of aromatic carboxylic acids is 1. The first-order valence-electron chi connectivity index (χ1n) is 5.68. The first-order valence-corrected chi connectivity index (χ1v) is 5.68. The molecule has 0 amide bonds. The average Bonchev–Trinajstić information content (AvgIpc) is 3.06. The van der Waals surface area contributed by atoms with E-state index in [4.69, 9.17) is 14.0 Å². The lowest BCUT2D eigenvalue weighted by atomic mass is 9.97. The molecule has 98 valence electrons. The van der Waals surface area contributed by atoms with E-state index in [-0.39, 0.29) is 30.2 Å². The first-order chi connectivity index (χ1) is 9.16. The van der Waals surface area contributed by atoms with E-state index in [1.54, 1.807) is 12.1 Å². The Balaban J connectivity index is 1.83. The summed E-state index contributed by atoms with van der Waals surface area (Å²) in [7, 11) is 0. The molecule has 0 aromatic carbocycles. The standard InChI is InChI=1S/C12H10N2O5/c15-11(8-2-1-3-18-8)7-4-9-6(5-13-7)10(12(16)17)14-19-9/h1-3,7,13H,4-5H2,(H,16,17). The molecule has 7 nitrogen and oxygen atoms in total. The summed E-state index contributed by atoms with van der Waals surface area (Å²) in [6.45, 7) is 0.234. The largest absolute Gasteiger partial charge is 0.476 e. The summed E-state index contributed by atoms with van der Waals surface area (Å²) in [5.41, 5.74) is 0.391. The zero-order chi connectivity index (χ0) is 13.4. The zero-order valence-electron chi connectivity index (χ0n) is 9.75. The lowest BCUT2D eigenvalue weighted by Crippen LogP contribution is -2.41. The number of rotatable bonds is 3. The highest BCUT2D eigenvalue weighted by Gasteiger charge is 2.32. The van der Waals surface area contributed by atoms with Crippen LogP contribution in [0.1, 0.15) is 32.4 Å². The van der Waals surface area contributed by atoms with Crippen LogP contribution in [-0.2, 0) is 13.0 Å². The van der Waals surface area contributed by atoms with Gasteiger partial charge in [-0.25, -0.2) is 4.79 Å². The van der Waals surface area contributed by atoms with E-state index in [1.807, 2.05) is 0 Å². The molecule has 3 heterocycles. The molecule has 7 heteroatoms. The summed E-state index contributed by atoms with van der Waals surface area (Å²) < 4.78 is 10.0. The Kier molecular flexibility index (Phi) is 2.68. The van der Waals surface area contributed by atoms with Gasteiger partial charge in [0, 0.05) is 18.5 Å². The van der Waals surface area contributed by atoms with E-state index in [9.17, 15) is 9.59 Å². The lowest BCUT2D eigenvalue weighted by Gasteiger charge is -2.20. The van der Waals surface area contributed by atoms with Gasteiger partial charge in [-0.05, 0) is 12.1 Å². The summed E-state index contributed by atoms with van der Waals surface area (Å²) in [6.07, 6.45) is 1.69. The summed E-state index contributed by atoms with van der Waals surface area (Å²) in [5.74, 6) is -0.633. The molecule has 0 spiro atoms. The summed E-state index contributed by atoms with van der Waals surface area (Å²) >= 11 is 0. The zero-order valence-corrected chi connectivity index (χ0v) is 9.75. The minimum absolute atomic E-state index is 0.105. The molecule has 1 atom stereocenters. The molecule has 2 aromatic heterocycles. The number of hydrogen-bond donors (Lipinski definition) is 2. The molecule has 1 unspecified atom stereocenters. The summed E-state index contributed by atoms with van der Waals surface area (Å²) in [4.78, 5) is 23.0. The van der Waals surface area contributed by atoms with Crippen LogP contribution in [0.15, 0.2) is 27.3 Å².